The van der Waals surface area contributed by atoms with E-state index in [4.69, 9.17) is 4.74 Å². The van der Waals surface area contributed by atoms with Crippen LogP contribution in [0.15, 0.2) is 55.3 Å². The first kappa shape index (κ1) is 15.6. The lowest BCUT2D eigenvalue weighted by molar-refractivity contribution is 0.102. The molecule has 114 valence electrons. The van der Waals surface area contributed by atoms with Gasteiger partial charge < -0.3 is 15.4 Å². The van der Waals surface area contributed by atoms with Gasteiger partial charge in [0.2, 0.25) is 0 Å². The maximum absolute atomic E-state index is 12.2. The van der Waals surface area contributed by atoms with E-state index in [-0.39, 0.29) is 5.91 Å². The van der Waals surface area contributed by atoms with E-state index in [0.717, 1.165) is 11.4 Å². The fraction of sp³-hybridized carbons (Fsp3) is 0.176. The van der Waals surface area contributed by atoms with Gasteiger partial charge in [0.05, 0.1) is 6.61 Å². The number of amides is 1. The molecule has 0 saturated carbocycles. The molecule has 0 bridgehead atoms. The van der Waals surface area contributed by atoms with Gasteiger partial charge in [0.25, 0.3) is 5.91 Å². The normalized spacial score (nSPS) is 9.86. The molecule has 0 aliphatic rings. The molecule has 1 heterocycles. The van der Waals surface area contributed by atoms with Crippen LogP contribution in [0.4, 0.5) is 11.4 Å². The van der Waals surface area contributed by atoms with Crippen molar-refractivity contribution in [1.82, 2.24) is 4.98 Å². The van der Waals surface area contributed by atoms with Crippen LogP contribution in [0.2, 0.25) is 0 Å². The number of anilines is 2. The predicted octanol–water partition coefficient (Wildman–Crippen LogP) is 3.33. The van der Waals surface area contributed by atoms with Gasteiger partial charge in [-0.05, 0) is 43.3 Å². The van der Waals surface area contributed by atoms with E-state index in [1.807, 2.05) is 19.1 Å². The van der Waals surface area contributed by atoms with Crippen LogP contribution in [0.3, 0.4) is 0 Å². The summed E-state index contributed by atoms with van der Waals surface area (Å²) in [5.41, 5.74) is 1.87. The summed E-state index contributed by atoms with van der Waals surface area (Å²) in [7, 11) is 0. The van der Waals surface area contributed by atoms with Crippen molar-refractivity contribution in [1.29, 1.82) is 0 Å². The third-order valence-corrected chi connectivity index (χ3v) is 2.87. The number of ether oxygens (including phenoxy) is 1. The van der Waals surface area contributed by atoms with Crippen molar-refractivity contribution in [2.45, 2.75) is 6.92 Å². The van der Waals surface area contributed by atoms with Gasteiger partial charge in [-0.25, -0.2) is 0 Å². The summed E-state index contributed by atoms with van der Waals surface area (Å²) in [4.78, 5) is 16.3. The third kappa shape index (κ3) is 4.34. The Labute approximate surface area is 130 Å². The first-order chi connectivity index (χ1) is 10.7. The van der Waals surface area contributed by atoms with Crippen LogP contribution in [0, 0.1) is 0 Å². The fourth-order valence-corrected chi connectivity index (χ4v) is 1.85. The lowest BCUT2D eigenvalue weighted by Gasteiger charge is -2.08. The second kappa shape index (κ2) is 7.83. The molecule has 2 aromatic rings. The van der Waals surface area contributed by atoms with E-state index < -0.39 is 0 Å². The molecule has 0 saturated heterocycles. The van der Waals surface area contributed by atoms with Crippen LogP contribution < -0.4 is 15.4 Å². The molecule has 1 amide bonds. The zero-order chi connectivity index (χ0) is 15.8. The van der Waals surface area contributed by atoms with Gasteiger partial charge in [-0.15, -0.1) is 6.58 Å². The van der Waals surface area contributed by atoms with E-state index in [2.05, 4.69) is 22.2 Å². The average molecular weight is 297 g/mol. The number of benzene rings is 1. The van der Waals surface area contributed by atoms with Crippen molar-refractivity contribution in [3.8, 4) is 5.75 Å². The zero-order valence-corrected chi connectivity index (χ0v) is 12.5. The molecule has 22 heavy (non-hydrogen) atoms. The number of carbonyl (C=O) groups is 1. The Bertz CT molecular complexity index is 639. The number of hydrogen-bond donors (Lipinski definition) is 2. The summed E-state index contributed by atoms with van der Waals surface area (Å²) < 4.78 is 5.36. The van der Waals surface area contributed by atoms with Crippen molar-refractivity contribution in [3.63, 3.8) is 0 Å². The summed E-state index contributed by atoms with van der Waals surface area (Å²) in [5, 5.41) is 5.93. The SMILES string of the molecule is C=CCNc1ccnc(C(=O)Nc2ccc(OCC)cc2)c1. The Morgan fingerprint density at radius 2 is 2.05 bits per heavy atom. The second-order valence-electron chi connectivity index (χ2n) is 4.51. The van der Waals surface area contributed by atoms with Crippen LogP contribution in [-0.2, 0) is 0 Å². The topological polar surface area (TPSA) is 63.2 Å². The molecular weight excluding hydrogens is 278 g/mol. The Hall–Kier alpha value is -2.82. The van der Waals surface area contributed by atoms with Crippen LogP contribution >= 0.6 is 0 Å². The van der Waals surface area contributed by atoms with Crippen molar-refractivity contribution >= 4 is 17.3 Å². The molecule has 5 heteroatoms. The van der Waals surface area contributed by atoms with Gasteiger partial charge in [-0.2, -0.15) is 0 Å². The standard InChI is InChI=1S/C17H19N3O2/c1-3-10-18-14-9-11-19-16(12-14)17(21)20-13-5-7-15(8-6-13)22-4-2/h3,5-9,11-12H,1,4,10H2,2H3,(H,18,19)(H,20,21). The van der Waals surface area contributed by atoms with Gasteiger partial charge >= 0.3 is 0 Å². The zero-order valence-electron chi connectivity index (χ0n) is 12.5. The van der Waals surface area contributed by atoms with Gasteiger partial charge in [-0.1, -0.05) is 6.08 Å². The smallest absolute Gasteiger partial charge is 0.274 e. The van der Waals surface area contributed by atoms with Crippen molar-refractivity contribution in [3.05, 3.63) is 60.9 Å². The molecular formula is C17H19N3O2. The van der Waals surface area contributed by atoms with Gasteiger partial charge in [-0.3, -0.25) is 9.78 Å². The number of nitrogens with one attached hydrogen (secondary N) is 2. The number of rotatable bonds is 7. The van der Waals surface area contributed by atoms with Crippen molar-refractivity contribution in [2.75, 3.05) is 23.8 Å². The maximum atomic E-state index is 12.2. The second-order valence-corrected chi connectivity index (χ2v) is 4.51. The highest BCUT2D eigenvalue weighted by Gasteiger charge is 2.08. The predicted molar refractivity (Wildman–Crippen MR) is 88.5 cm³/mol. The van der Waals surface area contributed by atoms with Gasteiger partial charge in [0, 0.05) is 24.1 Å². The van der Waals surface area contributed by atoms with Crippen LogP contribution in [0.25, 0.3) is 0 Å². The first-order valence-electron chi connectivity index (χ1n) is 7.08. The Balaban J connectivity index is 2.03. The highest BCUT2D eigenvalue weighted by molar-refractivity contribution is 6.03. The molecule has 1 aromatic heterocycles. The summed E-state index contributed by atoms with van der Waals surface area (Å²) in [6, 6.07) is 10.7. The quantitative estimate of drug-likeness (QED) is 0.769. The number of pyridine rings is 1. The van der Waals surface area contributed by atoms with Crippen molar-refractivity contribution in [2.24, 2.45) is 0 Å². The maximum Gasteiger partial charge on any atom is 0.274 e. The molecule has 0 radical (unpaired) electrons. The molecule has 0 spiro atoms. The molecule has 5 nitrogen and oxygen atoms in total. The van der Waals surface area contributed by atoms with E-state index in [9.17, 15) is 4.79 Å². The van der Waals surface area contributed by atoms with E-state index in [0.29, 0.717) is 24.5 Å². The number of hydrogen-bond acceptors (Lipinski definition) is 4. The van der Waals surface area contributed by atoms with E-state index in [1.54, 1.807) is 36.5 Å². The molecule has 1 aromatic carbocycles. The van der Waals surface area contributed by atoms with Crippen molar-refractivity contribution < 1.29 is 9.53 Å². The molecule has 2 N–H and O–H groups in total. The van der Waals surface area contributed by atoms with Crippen LogP contribution in [-0.4, -0.2) is 24.0 Å². The molecule has 0 fully saturated rings. The molecule has 0 atom stereocenters. The Kier molecular flexibility index (Phi) is 5.54. The minimum absolute atomic E-state index is 0.258. The number of aromatic nitrogens is 1. The molecule has 0 aliphatic carbocycles. The lowest BCUT2D eigenvalue weighted by Crippen LogP contribution is -2.14. The van der Waals surface area contributed by atoms with Gasteiger partial charge in [0.15, 0.2) is 0 Å². The van der Waals surface area contributed by atoms with Crippen LogP contribution in [0.5, 0.6) is 5.75 Å². The minimum atomic E-state index is -0.258. The summed E-state index contributed by atoms with van der Waals surface area (Å²) in [6.07, 6.45) is 3.35. The highest BCUT2D eigenvalue weighted by atomic mass is 16.5. The third-order valence-electron chi connectivity index (χ3n) is 2.87. The Morgan fingerprint density at radius 1 is 1.27 bits per heavy atom. The number of carbonyl (C=O) groups excluding carboxylic acids is 1. The minimum Gasteiger partial charge on any atom is -0.494 e. The fourth-order valence-electron chi connectivity index (χ4n) is 1.85. The number of nitrogens with zero attached hydrogens (tertiary/aromatic N) is 1. The molecule has 0 aliphatic heterocycles. The van der Waals surface area contributed by atoms with Crippen LogP contribution in [0.1, 0.15) is 17.4 Å². The summed E-state index contributed by atoms with van der Waals surface area (Å²) in [6.45, 7) is 6.81. The largest absolute Gasteiger partial charge is 0.494 e. The molecule has 0 unspecified atom stereocenters. The van der Waals surface area contributed by atoms with E-state index >= 15 is 0 Å². The summed E-state index contributed by atoms with van der Waals surface area (Å²) in [5.74, 6) is 0.514. The van der Waals surface area contributed by atoms with E-state index in [1.165, 1.54) is 0 Å². The van der Waals surface area contributed by atoms with Gasteiger partial charge in [0.1, 0.15) is 11.4 Å². The summed E-state index contributed by atoms with van der Waals surface area (Å²) >= 11 is 0. The average Bonchev–Trinajstić information content (AvgIpc) is 2.55. The lowest BCUT2D eigenvalue weighted by atomic mass is 10.2. The monoisotopic (exact) mass is 297 g/mol. The Morgan fingerprint density at radius 3 is 2.73 bits per heavy atom. The highest BCUT2D eigenvalue weighted by Crippen LogP contribution is 2.16. The first-order valence-corrected chi connectivity index (χ1v) is 7.08. The molecule has 2 rings (SSSR count).